The van der Waals surface area contributed by atoms with Crippen LogP contribution in [0.2, 0.25) is 0 Å². The average Bonchev–Trinajstić information content (AvgIpc) is 3.23. The minimum atomic E-state index is -4.40. The molecule has 2 heterocycles. The van der Waals surface area contributed by atoms with Crippen molar-refractivity contribution < 1.29 is 27.8 Å². The van der Waals surface area contributed by atoms with Gasteiger partial charge in [-0.2, -0.15) is 13.2 Å². The second-order valence-electron chi connectivity index (χ2n) is 12.1. The topological polar surface area (TPSA) is 53.0 Å². The number of phenolic OH excluding ortho intramolecular Hbond substituents is 1. The minimum absolute atomic E-state index is 0.141. The van der Waals surface area contributed by atoms with Crippen LogP contribution in [0.1, 0.15) is 55.4 Å². The molecule has 1 N–H and O–H groups in total. The molecule has 8 heteroatoms. The Morgan fingerprint density at radius 3 is 2.64 bits per heavy atom. The van der Waals surface area contributed by atoms with Crippen molar-refractivity contribution in [3.05, 3.63) is 64.7 Å². The number of hydrogen-bond donors (Lipinski definition) is 1. The molecule has 1 amide bonds. The summed E-state index contributed by atoms with van der Waals surface area (Å²) < 4.78 is 45.6. The Labute approximate surface area is 227 Å². The van der Waals surface area contributed by atoms with Crippen molar-refractivity contribution in [2.75, 3.05) is 20.1 Å². The normalized spacial score (nSPS) is 29.4. The Morgan fingerprint density at radius 2 is 1.95 bits per heavy atom. The van der Waals surface area contributed by atoms with Crippen molar-refractivity contribution in [1.29, 1.82) is 0 Å². The SMILES string of the molecule is CC(C)CN(C(=O)C=Cc1ccc(C(F)(F)F)cc1)[C@@H]1CC[C@H]2[C@H]3Cc4c(O)ccc5c4[C@@]2(CCN3C)[C@H]1O5. The molecule has 2 aromatic carbocycles. The number of hydrogen-bond acceptors (Lipinski definition) is 4. The molecule has 5 nitrogen and oxygen atoms in total. The van der Waals surface area contributed by atoms with Crippen LogP contribution in [-0.4, -0.2) is 59.1 Å². The predicted octanol–water partition coefficient (Wildman–Crippen LogP) is 5.65. The summed E-state index contributed by atoms with van der Waals surface area (Å²) in [7, 11) is 2.17. The standard InChI is InChI=1S/C31H35F3N2O3/c1-18(2)17-36(27(38)13-6-19-4-7-20(8-5-19)31(32,33)34)23-10-9-22-24-16-21-25(37)11-12-26-28(21)30(22,29(23)39-26)14-15-35(24)3/h4-8,11-13,18,22-24,29,37H,9-10,14-17H2,1-3H3/t22-,23+,24+,29-,30-/m0/s1. The highest BCUT2D eigenvalue weighted by molar-refractivity contribution is 5.92. The van der Waals surface area contributed by atoms with Gasteiger partial charge >= 0.3 is 6.18 Å². The van der Waals surface area contributed by atoms with Crippen LogP contribution in [-0.2, 0) is 22.8 Å². The number of piperidine rings is 1. The molecule has 208 valence electrons. The Hall–Kier alpha value is -3.00. The van der Waals surface area contributed by atoms with Gasteiger partial charge in [0, 0.05) is 35.2 Å². The monoisotopic (exact) mass is 540 g/mol. The number of nitrogens with zero attached hydrogens (tertiary/aromatic N) is 2. The minimum Gasteiger partial charge on any atom is -0.508 e. The van der Waals surface area contributed by atoms with Crippen LogP contribution < -0.4 is 4.74 Å². The number of phenols is 1. The average molecular weight is 541 g/mol. The third-order valence-corrected chi connectivity index (χ3v) is 9.49. The fraction of sp³-hybridized carbons (Fsp3) is 0.516. The molecule has 0 unspecified atom stereocenters. The number of alkyl halides is 3. The van der Waals surface area contributed by atoms with Gasteiger partial charge in [-0.15, -0.1) is 0 Å². The highest BCUT2D eigenvalue weighted by atomic mass is 19.4. The zero-order chi connectivity index (χ0) is 27.7. The first kappa shape index (κ1) is 26.2. The maximum Gasteiger partial charge on any atom is 0.416 e. The quantitative estimate of drug-likeness (QED) is 0.499. The molecule has 1 saturated carbocycles. The van der Waals surface area contributed by atoms with Crippen molar-refractivity contribution in [1.82, 2.24) is 9.80 Å². The number of amides is 1. The Bertz CT molecular complexity index is 1310. The fourth-order valence-corrected chi connectivity index (χ4v) is 7.87. The summed E-state index contributed by atoms with van der Waals surface area (Å²) in [4.78, 5) is 18.1. The highest BCUT2D eigenvalue weighted by Gasteiger charge is 2.66. The molecule has 4 aliphatic rings. The lowest BCUT2D eigenvalue weighted by atomic mass is 9.51. The molecule has 2 bridgehead atoms. The molecule has 2 aliphatic heterocycles. The molecule has 0 radical (unpaired) electrons. The van der Waals surface area contributed by atoms with Crippen LogP contribution in [0.3, 0.4) is 0 Å². The largest absolute Gasteiger partial charge is 0.508 e. The smallest absolute Gasteiger partial charge is 0.416 e. The highest BCUT2D eigenvalue weighted by Crippen LogP contribution is 2.63. The summed E-state index contributed by atoms with van der Waals surface area (Å²) in [5.41, 5.74) is 1.74. The Balaban J connectivity index is 1.33. The van der Waals surface area contributed by atoms with E-state index in [2.05, 4.69) is 25.8 Å². The molecule has 2 aromatic rings. The molecule has 1 spiro atoms. The zero-order valence-electron chi connectivity index (χ0n) is 22.5. The van der Waals surface area contributed by atoms with Crippen molar-refractivity contribution >= 4 is 12.0 Å². The van der Waals surface area contributed by atoms with E-state index in [0.717, 1.165) is 61.2 Å². The van der Waals surface area contributed by atoms with Crippen LogP contribution in [0.5, 0.6) is 11.5 Å². The van der Waals surface area contributed by atoms with Gasteiger partial charge < -0.3 is 19.6 Å². The summed E-state index contributed by atoms with van der Waals surface area (Å²) >= 11 is 0. The van der Waals surface area contributed by atoms with Crippen molar-refractivity contribution in [3.8, 4) is 11.5 Å². The second kappa shape index (κ2) is 9.29. The first-order valence-electron chi connectivity index (χ1n) is 13.9. The van der Waals surface area contributed by atoms with Gasteiger partial charge in [0.1, 0.15) is 17.6 Å². The van der Waals surface area contributed by atoms with E-state index in [-0.39, 0.29) is 29.4 Å². The van der Waals surface area contributed by atoms with Crippen LogP contribution in [0.15, 0.2) is 42.5 Å². The van der Waals surface area contributed by atoms with Gasteiger partial charge in [0.05, 0.1) is 11.6 Å². The molecule has 39 heavy (non-hydrogen) atoms. The number of carbonyl (C=O) groups is 1. The first-order valence-corrected chi connectivity index (χ1v) is 13.9. The Morgan fingerprint density at radius 1 is 1.21 bits per heavy atom. The van der Waals surface area contributed by atoms with Crippen LogP contribution in [0.25, 0.3) is 6.08 Å². The molecule has 2 fully saturated rings. The first-order chi connectivity index (χ1) is 18.5. The lowest BCUT2D eigenvalue weighted by molar-refractivity contribution is -0.138. The zero-order valence-corrected chi connectivity index (χ0v) is 22.5. The van der Waals surface area contributed by atoms with E-state index in [1.165, 1.54) is 18.2 Å². The van der Waals surface area contributed by atoms with Crippen molar-refractivity contribution in [2.45, 2.75) is 69.3 Å². The van der Waals surface area contributed by atoms with E-state index in [4.69, 9.17) is 4.74 Å². The maximum absolute atomic E-state index is 13.7. The number of likely N-dealkylation sites (tertiary alicyclic amines) is 1. The summed E-state index contributed by atoms with van der Waals surface area (Å²) in [5.74, 6) is 1.62. The summed E-state index contributed by atoms with van der Waals surface area (Å²) in [5, 5.41) is 10.8. The molecular weight excluding hydrogens is 505 g/mol. The number of ether oxygens (including phenoxy) is 1. The van der Waals surface area contributed by atoms with E-state index in [9.17, 15) is 23.1 Å². The van der Waals surface area contributed by atoms with Gasteiger partial charge in [-0.25, -0.2) is 0 Å². The molecular formula is C31H35F3N2O3. The van der Waals surface area contributed by atoms with Crippen molar-refractivity contribution in [3.63, 3.8) is 0 Å². The van der Waals surface area contributed by atoms with Gasteiger partial charge in [0.2, 0.25) is 5.91 Å². The molecule has 1 saturated heterocycles. The van der Waals surface area contributed by atoms with E-state index >= 15 is 0 Å². The molecule has 0 aromatic heterocycles. The molecule has 5 atom stereocenters. The van der Waals surface area contributed by atoms with Gasteiger partial charge in [-0.3, -0.25) is 4.79 Å². The number of carbonyl (C=O) groups excluding carboxylic acids is 1. The number of aromatic hydroxyl groups is 1. The Kier molecular flexibility index (Phi) is 6.25. The lowest BCUT2D eigenvalue weighted by Crippen LogP contribution is -2.68. The van der Waals surface area contributed by atoms with Crippen molar-refractivity contribution in [2.24, 2.45) is 11.8 Å². The third-order valence-electron chi connectivity index (χ3n) is 9.49. The summed E-state index contributed by atoms with van der Waals surface area (Å²) in [6, 6.07) is 8.64. The third kappa shape index (κ3) is 4.14. The van der Waals surface area contributed by atoms with Gasteiger partial charge in [-0.1, -0.05) is 26.0 Å². The maximum atomic E-state index is 13.7. The summed E-state index contributed by atoms with van der Waals surface area (Å²) in [6.45, 7) is 5.65. The van der Waals surface area contributed by atoms with E-state index in [0.29, 0.717) is 29.8 Å². The number of likely N-dealkylation sites (N-methyl/N-ethyl adjacent to an activating group) is 1. The van der Waals surface area contributed by atoms with Crippen LogP contribution in [0, 0.1) is 11.8 Å². The second-order valence-corrected chi connectivity index (χ2v) is 12.1. The van der Waals surface area contributed by atoms with E-state index in [1.54, 1.807) is 12.1 Å². The fourth-order valence-electron chi connectivity index (χ4n) is 7.87. The van der Waals surface area contributed by atoms with Gasteiger partial charge in [0.25, 0.3) is 0 Å². The van der Waals surface area contributed by atoms with Gasteiger partial charge in [-0.05, 0) is 87.0 Å². The van der Waals surface area contributed by atoms with Gasteiger partial charge in [0.15, 0.2) is 0 Å². The van der Waals surface area contributed by atoms with E-state index in [1.807, 2.05) is 11.0 Å². The number of rotatable bonds is 5. The predicted molar refractivity (Wildman–Crippen MR) is 142 cm³/mol. The lowest BCUT2D eigenvalue weighted by Gasteiger charge is -2.60. The molecule has 2 aliphatic carbocycles. The number of benzene rings is 2. The molecule has 6 rings (SSSR count). The number of halogens is 3. The van der Waals surface area contributed by atoms with Crippen LogP contribution in [0.4, 0.5) is 13.2 Å². The van der Waals surface area contributed by atoms with Crippen LogP contribution >= 0.6 is 0 Å². The summed E-state index contributed by atoms with van der Waals surface area (Å²) in [6.07, 6.45) is 1.99. The van der Waals surface area contributed by atoms with E-state index < -0.39 is 11.7 Å².